The molecule has 1 aromatic carbocycles. The van der Waals surface area contributed by atoms with Crippen molar-refractivity contribution in [1.82, 2.24) is 10.6 Å². The van der Waals surface area contributed by atoms with E-state index in [9.17, 15) is 18.8 Å². The molecule has 0 saturated carbocycles. The fourth-order valence-corrected chi connectivity index (χ4v) is 2.12. The number of rotatable bonds is 5. The molecule has 0 saturated heterocycles. The molecule has 138 valence electrons. The van der Waals surface area contributed by atoms with Crippen LogP contribution in [-0.4, -0.2) is 30.9 Å². The molecule has 0 radical (unpaired) electrons. The third kappa shape index (κ3) is 4.59. The van der Waals surface area contributed by atoms with Gasteiger partial charge in [0, 0.05) is 12.7 Å². The zero-order valence-corrected chi connectivity index (χ0v) is 14.5. The third-order valence-electron chi connectivity index (χ3n) is 3.56. The van der Waals surface area contributed by atoms with Crippen molar-refractivity contribution in [3.63, 3.8) is 0 Å². The number of urea groups is 1. The highest BCUT2D eigenvalue weighted by molar-refractivity contribution is 6.05. The Kier molecular flexibility index (Phi) is 5.94. The topological polar surface area (TPSA) is 112 Å². The maximum atomic E-state index is 14.0. The number of imide groups is 1. The van der Waals surface area contributed by atoms with Crippen LogP contribution in [-0.2, 0) is 4.79 Å². The van der Waals surface area contributed by atoms with Crippen LogP contribution < -0.4 is 21.3 Å². The van der Waals surface area contributed by atoms with E-state index < -0.39 is 29.7 Å². The van der Waals surface area contributed by atoms with Crippen molar-refractivity contribution in [3.05, 3.63) is 47.7 Å². The Labute approximate surface area is 149 Å². The average Bonchev–Trinajstić information content (AvgIpc) is 3.03. The summed E-state index contributed by atoms with van der Waals surface area (Å²) >= 11 is 0. The Morgan fingerprint density at radius 3 is 2.54 bits per heavy atom. The zero-order chi connectivity index (χ0) is 19.3. The quantitative estimate of drug-likeness (QED) is 0.652. The summed E-state index contributed by atoms with van der Waals surface area (Å²) in [5.41, 5.74) is 0.630. The van der Waals surface area contributed by atoms with E-state index in [1.165, 1.54) is 38.4 Å². The first-order valence-electron chi connectivity index (χ1n) is 7.76. The molecule has 26 heavy (non-hydrogen) atoms. The van der Waals surface area contributed by atoms with Crippen LogP contribution in [0.5, 0.6) is 0 Å². The van der Waals surface area contributed by atoms with Crippen LogP contribution in [0.1, 0.15) is 23.0 Å². The van der Waals surface area contributed by atoms with Gasteiger partial charge in [-0.2, -0.15) is 0 Å². The minimum absolute atomic E-state index is 0.0560. The molecule has 0 aliphatic rings. The van der Waals surface area contributed by atoms with E-state index in [2.05, 4.69) is 21.3 Å². The summed E-state index contributed by atoms with van der Waals surface area (Å²) in [5.74, 6) is -1.30. The standard InChI is InChI=1S/C17H19FN4O4/c1-9(15(23)22-17(25)19-3)20-11-4-5-13(18)14(8-11)21-16(24)12-6-7-26-10(12)2/h4-9,20H,1-3H3,(H,21,24)(H2,19,22,23,25). The van der Waals surface area contributed by atoms with Gasteiger partial charge in [0.05, 0.1) is 17.5 Å². The number of carbonyl (C=O) groups is 3. The lowest BCUT2D eigenvalue weighted by Gasteiger charge is -2.16. The maximum Gasteiger partial charge on any atom is 0.321 e. The predicted molar refractivity (Wildman–Crippen MR) is 93.5 cm³/mol. The largest absolute Gasteiger partial charge is 0.469 e. The highest BCUT2D eigenvalue weighted by atomic mass is 19.1. The molecular weight excluding hydrogens is 343 g/mol. The summed E-state index contributed by atoms with van der Waals surface area (Å²) in [4.78, 5) is 35.2. The number of halogens is 1. The van der Waals surface area contributed by atoms with Crippen LogP contribution in [0.4, 0.5) is 20.6 Å². The Bertz CT molecular complexity index is 834. The van der Waals surface area contributed by atoms with Gasteiger partial charge in [-0.25, -0.2) is 9.18 Å². The molecule has 0 aliphatic heterocycles. The van der Waals surface area contributed by atoms with Gasteiger partial charge < -0.3 is 20.4 Å². The molecule has 4 amide bonds. The molecule has 4 N–H and O–H groups in total. The number of hydrogen-bond donors (Lipinski definition) is 4. The number of aryl methyl sites for hydroxylation is 1. The minimum atomic E-state index is -0.766. The summed E-state index contributed by atoms with van der Waals surface area (Å²) in [6.07, 6.45) is 1.37. The molecule has 1 aromatic heterocycles. The van der Waals surface area contributed by atoms with Gasteiger partial charge in [-0.3, -0.25) is 14.9 Å². The van der Waals surface area contributed by atoms with Gasteiger partial charge in [-0.05, 0) is 38.1 Å². The Hall–Kier alpha value is -3.36. The van der Waals surface area contributed by atoms with Crippen LogP contribution in [0.3, 0.4) is 0 Å². The minimum Gasteiger partial charge on any atom is -0.469 e. The van der Waals surface area contributed by atoms with Crippen molar-refractivity contribution in [2.45, 2.75) is 19.9 Å². The first-order chi connectivity index (χ1) is 12.3. The van der Waals surface area contributed by atoms with E-state index >= 15 is 0 Å². The van der Waals surface area contributed by atoms with Gasteiger partial charge >= 0.3 is 6.03 Å². The Morgan fingerprint density at radius 2 is 1.92 bits per heavy atom. The number of benzene rings is 1. The summed E-state index contributed by atoms with van der Waals surface area (Å²) in [6.45, 7) is 3.16. The number of nitrogens with one attached hydrogen (secondary N) is 4. The maximum absolute atomic E-state index is 14.0. The molecule has 1 atom stereocenters. The smallest absolute Gasteiger partial charge is 0.321 e. The lowest BCUT2D eigenvalue weighted by molar-refractivity contribution is -0.120. The average molecular weight is 362 g/mol. The molecule has 0 aliphatic carbocycles. The third-order valence-corrected chi connectivity index (χ3v) is 3.56. The molecular formula is C17H19FN4O4. The van der Waals surface area contributed by atoms with Gasteiger partial charge in [-0.1, -0.05) is 0 Å². The molecule has 8 nitrogen and oxygen atoms in total. The number of furan rings is 1. The van der Waals surface area contributed by atoms with Crippen molar-refractivity contribution in [1.29, 1.82) is 0 Å². The molecule has 1 unspecified atom stereocenters. The molecule has 0 fully saturated rings. The van der Waals surface area contributed by atoms with E-state index in [-0.39, 0.29) is 5.69 Å². The monoisotopic (exact) mass is 362 g/mol. The summed E-state index contributed by atoms with van der Waals surface area (Å²) in [5, 5.41) is 9.68. The highest BCUT2D eigenvalue weighted by Gasteiger charge is 2.17. The van der Waals surface area contributed by atoms with E-state index in [1.54, 1.807) is 6.92 Å². The van der Waals surface area contributed by atoms with Crippen LogP contribution in [0.2, 0.25) is 0 Å². The van der Waals surface area contributed by atoms with Crippen molar-refractivity contribution in [2.24, 2.45) is 0 Å². The van der Waals surface area contributed by atoms with Crippen molar-refractivity contribution in [2.75, 3.05) is 17.7 Å². The molecule has 0 spiro atoms. The van der Waals surface area contributed by atoms with E-state index in [4.69, 9.17) is 4.42 Å². The summed E-state index contributed by atoms with van der Waals surface area (Å²) in [7, 11) is 1.39. The van der Waals surface area contributed by atoms with Gasteiger partial charge in [0.1, 0.15) is 17.6 Å². The predicted octanol–water partition coefficient (Wildman–Crippen LogP) is 2.24. The van der Waals surface area contributed by atoms with Gasteiger partial charge in [0.25, 0.3) is 5.91 Å². The fourth-order valence-electron chi connectivity index (χ4n) is 2.12. The number of amides is 4. The molecule has 1 heterocycles. The van der Waals surface area contributed by atoms with E-state index in [1.807, 2.05) is 0 Å². The SMILES string of the molecule is CNC(=O)NC(=O)C(C)Nc1ccc(F)c(NC(=O)c2ccoc2C)c1. The first-order valence-corrected chi connectivity index (χ1v) is 7.76. The number of hydrogen-bond acceptors (Lipinski definition) is 5. The number of carbonyl (C=O) groups excluding carboxylic acids is 3. The number of anilines is 2. The lowest BCUT2D eigenvalue weighted by Crippen LogP contribution is -2.44. The molecule has 0 bridgehead atoms. The molecule has 2 rings (SSSR count). The van der Waals surface area contributed by atoms with Crippen LogP contribution >= 0.6 is 0 Å². The van der Waals surface area contributed by atoms with Crippen molar-refractivity contribution < 1.29 is 23.2 Å². The van der Waals surface area contributed by atoms with E-state index in [0.29, 0.717) is 17.0 Å². The Balaban J connectivity index is 2.09. The van der Waals surface area contributed by atoms with Gasteiger partial charge in [-0.15, -0.1) is 0 Å². The van der Waals surface area contributed by atoms with Gasteiger partial charge in [0.2, 0.25) is 5.91 Å². The van der Waals surface area contributed by atoms with Crippen LogP contribution in [0, 0.1) is 12.7 Å². The lowest BCUT2D eigenvalue weighted by atomic mass is 10.2. The Morgan fingerprint density at radius 1 is 1.19 bits per heavy atom. The second-order valence-corrected chi connectivity index (χ2v) is 5.47. The normalized spacial score (nSPS) is 11.4. The van der Waals surface area contributed by atoms with Crippen molar-refractivity contribution in [3.8, 4) is 0 Å². The van der Waals surface area contributed by atoms with E-state index in [0.717, 1.165) is 6.07 Å². The highest BCUT2D eigenvalue weighted by Crippen LogP contribution is 2.22. The summed E-state index contributed by atoms with van der Waals surface area (Å²) < 4.78 is 19.0. The fraction of sp³-hybridized carbons (Fsp3) is 0.235. The second kappa shape index (κ2) is 8.15. The van der Waals surface area contributed by atoms with Crippen molar-refractivity contribution >= 4 is 29.2 Å². The second-order valence-electron chi connectivity index (χ2n) is 5.47. The molecule has 9 heteroatoms. The summed E-state index contributed by atoms with van der Waals surface area (Å²) in [6, 6.07) is 4.01. The zero-order valence-electron chi connectivity index (χ0n) is 14.5. The first kappa shape index (κ1) is 19.0. The molecule has 2 aromatic rings. The van der Waals surface area contributed by atoms with Crippen LogP contribution in [0.15, 0.2) is 34.9 Å². The van der Waals surface area contributed by atoms with Crippen LogP contribution in [0.25, 0.3) is 0 Å². The van der Waals surface area contributed by atoms with Gasteiger partial charge in [0.15, 0.2) is 0 Å².